The van der Waals surface area contributed by atoms with Gasteiger partial charge in [0.2, 0.25) is 0 Å². The lowest BCUT2D eigenvalue weighted by Crippen LogP contribution is -2.74. The van der Waals surface area contributed by atoms with Crippen LogP contribution in [0.25, 0.3) is 0 Å². The van der Waals surface area contributed by atoms with Gasteiger partial charge in [0.05, 0.1) is 0 Å². The standard InChI is InChI=1S/C22H22.C8HF17O3S/c1-16-14-17(2)21(18(3)15-16)22(19-10-6-4-7-11-19)20-12-8-5-9-13-20;9-1(10,3(13,14)5(17,18)7(21,22)23)2(11,12)4(15,16)6(19,20)8(24,25)29(26,27)28/h4-15,22H,1-3H3;(H,26,27,28). The molecule has 0 unspecified atom stereocenters. The maximum atomic E-state index is 13.0. The van der Waals surface area contributed by atoms with Gasteiger partial charge in [-0.15, -0.1) is 0 Å². The first-order valence-electron chi connectivity index (χ1n) is 13.5. The summed E-state index contributed by atoms with van der Waals surface area (Å²) in [5, 5.41) is -7.84. The van der Waals surface area contributed by atoms with Crippen LogP contribution in [0.2, 0.25) is 0 Å². The van der Waals surface area contributed by atoms with Gasteiger partial charge in [-0.1, -0.05) is 78.4 Å². The largest absolute Gasteiger partial charge is 0.460 e. The number of benzene rings is 3. The molecule has 0 amide bonds. The third kappa shape index (κ3) is 7.23. The molecule has 0 aliphatic heterocycles. The van der Waals surface area contributed by atoms with E-state index in [0.717, 1.165) is 0 Å². The van der Waals surface area contributed by atoms with Gasteiger partial charge in [-0.25, -0.2) is 0 Å². The lowest BCUT2D eigenvalue weighted by atomic mass is 9.80. The molecule has 0 aliphatic carbocycles. The van der Waals surface area contributed by atoms with Gasteiger partial charge in [-0.05, 0) is 48.6 Å². The monoisotopic (exact) mass is 786 g/mol. The molecular formula is C30H23F17O3S. The molecule has 0 fully saturated rings. The summed E-state index contributed by atoms with van der Waals surface area (Å²) in [5.74, 6) is -51.7. The fourth-order valence-electron chi connectivity index (χ4n) is 4.77. The number of rotatable bonds is 10. The molecule has 0 aliphatic rings. The van der Waals surface area contributed by atoms with E-state index in [-0.39, 0.29) is 0 Å². The molecule has 0 bridgehead atoms. The first-order chi connectivity index (χ1) is 22.7. The van der Waals surface area contributed by atoms with Gasteiger partial charge >= 0.3 is 57.1 Å². The average molecular weight is 787 g/mol. The van der Waals surface area contributed by atoms with Crippen LogP contribution in [0.5, 0.6) is 0 Å². The SMILES string of the molecule is Cc1cc(C)c(C(c2ccccc2)c2ccccc2)c(C)c1.O=S(=O)(O)C(F)(F)C(F)(F)C(F)(F)C(F)(F)C(F)(F)C(F)(F)C(F)(F)C(F)(F)F. The molecule has 286 valence electrons. The van der Waals surface area contributed by atoms with Crippen LogP contribution in [-0.2, 0) is 10.1 Å². The maximum absolute atomic E-state index is 13.0. The van der Waals surface area contributed by atoms with Gasteiger partial charge in [-0.3, -0.25) is 4.55 Å². The Hall–Kier alpha value is -3.62. The highest BCUT2D eigenvalue weighted by Crippen LogP contribution is 2.64. The molecule has 0 aromatic heterocycles. The molecule has 21 heteroatoms. The lowest BCUT2D eigenvalue weighted by Gasteiger charge is -2.42. The average Bonchev–Trinajstić information content (AvgIpc) is 2.98. The minimum Gasteiger partial charge on any atom is -0.281 e. The topological polar surface area (TPSA) is 54.4 Å². The van der Waals surface area contributed by atoms with Gasteiger partial charge in [-0.2, -0.15) is 83.1 Å². The quantitative estimate of drug-likeness (QED) is 0.127. The zero-order valence-electron chi connectivity index (χ0n) is 25.6. The molecule has 3 aromatic rings. The molecule has 0 saturated carbocycles. The van der Waals surface area contributed by atoms with Crippen molar-refractivity contribution in [2.75, 3.05) is 0 Å². The van der Waals surface area contributed by atoms with E-state index in [9.17, 15) is 83.1 Å². The lowest BCUT2D eigenvalue weighted by molar-refractivity contribution is -0.458. The number of halogens is 17. The van der Waals surface area contributed by atoms with Crippen LogP contribution in [0.1, 0.15) is 39.3 Å². The van der Waals surface area contributed by atoms with E-state index >= 15 is 0 Å². The van der Waals surface area contributed by atoms with Crippen molar-refractivity contribution in [1.29, 1.82) is 0 Å². The Morgan fingerprint density at radius 1 is 0.490 bits per heavy atom. The summed E-state index contributed by atoms with van der Waals surface area (Å²) in [6.45, 7) is 6.63. The van der Waals surface area contributed by atoms with E-state index in [0.29, 0.717) is 5.92 Å². The van der Waals surface area contributed by atoms with Crippen LogP contribution in [-0.4, -0.2) is 59.9 Å². The molecule has 0 spiro atoms. The van der Waals surface area contributed by atoms with Crippen LogP contribution in [0.3, 0.4) is 0 Å². The molecule has 51 heavy (non-hydrogen) atoms. The predicted molar refractivity (Wildman–Crippen MR) is 147 cm³/mol. The van der Waals surface area contributed by atoms with Gasteiger partial charge in [0.25, 0.3) is 0 Å². The van der Waals surface area contributed by atoms with Crippen molar-refractivity contribution in [1.82, 2.24) is 0 Å². The minimum atomic E-state index is -8.89. The van der Waals surface area contributed by atoms with Crippen molar-refractivity contribution in [2.45, 2.75) is 73.7 Å². The van der Waals surface area contributed by atoms with Crippen molar-refractivity contribution >= 4 is 10.1 Å². The second-order valence-electron chi connectivity index (χ2n) is 11.0. The van der Waals surface area contributed by atoms with Crippen molar-refractivity contribution < 1.29 is 87.6 Å². The van der Waals surface area contributed by atoms with Gasteiger partial charge < -0.3 is 0 Å². The second-order valence-corrected chi connectivity index (χ2v) is 12.5. The number of aryl methyl sites for hydroxylation is 3. The Labute approximate surface area is 277 Å². The van der Waals surface area contributed by atoms with E-state index in [1.807, 2.05) is 0 Å². The Kier molecular flexibility index (Phi) is 11.7. The predicted octanol–water partition coefficient (Wildman–Crippen LogP) is 10.6. The summed E-state index contributed by atoms with van der Waals surface area (Å²) < 4.78 is 242. The van der Waals surface area contributed by atoms with Crippen molar-refractivity contribution in [3.63, 3.8) is 0 Å². The summed E-state index contributed by atoms with van der Waals surface area (Å²) in [4.78, 5) is 0. The molecule has 0 heterocycles. The van der Waals surface area contributed by atoms with Crippen molar-refractivity contribution in [3.05, 3.63) is 106 Å². The minimum absolute atomic E-state index is 0.294. The van der Waals surface area contributed by atoms with Gasteiger partial charge in [0.1, 0.15) is 0 Å². The van der Waals surface area contributed by atoms with Gasteiger partial charge in [0, 0.05) is 5.92 Å². The second kappa shape index (κ2) is 13.7. The molecule has 0 radical (unpaired) electrons. The van der Waals surface area contributed by atoms with Crippen LogP contribution in [0.15, 0.2) is 72.8 Å². The molecular weight excluding hydrogens is 763 g/mol. The summed E-state index contributed by atoms with van der Waals surface area (Å²) in [7, 11) is -7.89. The van der Waals surface area contributed by atoms with E-state index < -0.39 is 57.1 Å². The number of hydrogen-bond donors (Lipinski definition) is 1. The van der Waals surface area contributed by atoms with Crippen LogP contribution in [0.4, 0.5) is 74.6 Å². The fraction of sp³-hybridized carbons (Fsp3) is 0.400. The Balaban J connectivity index is 0.000000364. The number of alkyl halides is 17. The Bertz CT molecular complexity index is 1710. The van der Waals surface area contributed by atoms with Gasteiger partial charge in [0.15, 0.2) is 0 Å². The first-order valence-corrected chi connectivity index (χ1v) is 15.0. The Morgan fingerprint density at radius 2 is 0.784 bits per heavy atom. The smallest absolute Gasteiger partial charge is 0.281 e. The van der Waals surface area contributed by atoms with Crippen LogP contribution >= 0.6 is 0 Å². The third-order valence-electron chi connectivity index (χ3n) is 7.31. The van der Waals surface area contributed by atoms with Crippen molar-refractivity contribution in [2.24, 2.45) is 0 Å². The zero-order chi connectivity index (χ0) is 40.0. The molecule has 3 aromatic carbocycles. The summed E-state index contributed by atoms with van der Waals surface area (Å²) in [5.41, 5.74) is 8.21. The molecule has 0 saturated heterocycles. The fourth-order valence-corrected chi connectivity index (χ4v) is 5.23. The first kappa shape index (κ1) is 43.5. The van der Waals surface area contributed by atoms with Crippen molar-refractivity contribution in [3.8, 4) is 0 Å². The van der Waals surface area contributed by atoms with E-state index in [2.05, 4.69) is 93.6 Å². The summed E-state index contributed by atoms with van der Waals surface area (Å²) >= 11 is 0. The molecule has 3 nitrogen and oxygen atoms in total. The molecule has 0 atom stereocenters. The van der Waals surface area contributed by atoms with Crippen LogP contribution < -0.4 is 0 Å². The van der Waals surface area contributed by atoms with E-state index in [4.69, 9.17) is 4.55 Å². The summed E-state index contributed by atoms with van der Waals surface area (Å²) in [6.07, 6.45) is -7.88. The molecule has 1 N–H and O–H groups in total. The highest BCUT2D eigenvalue weighted by molar-refractivity contribution is 7.87. The maximum Gasteiger partial charge on any atom is 0.460 e. The normalized spacial score (nSPS) is 14.3. The number of hydrogen-bond acceptors (Lipinski definition) is 2. The zero-order valence-corrected chi connectivity index (χ0v) is 26.4. The highest BCUT2D eigenvalue weighted by atomic mass is 32.2. The summed E-state index contributed by atoms with van der Waals surface area (Å²) in [6, 6.07) is 26.2. The highest BCUT2D eigenvalue weighted by Gasteiger charge is 2.96. The third-order valence-corrected chi connectivity index (χ3v) is 8.21. The van der Waals surface area contributed by atoms with E-state index in [1.165, 1.54) is 33.4 Å². The van der Waals surface area contributed by atoms with Crippen LogP contribution in [0, 0.1) is 20.8 Å². The van der Waals surface area contributed by atoms with E-state index in [1.54, 1.807) is 0 Å². The molecule has 3 rings (SSSR count). The Morgan fingerprint density at radius 3 is 1.08 bits per heavy atom.